The number of aromatic nitrogens is 3. The van der Waals surface area contributed by atoms with Gasteiger partial charge < -0.3 is 11.1 Å². The first-order valence-electron chi connectivity index (χ1n) is 8.30. The molecule has 2 heterocycles. The zero-order valence-electron chi connectivity index (χ0n) is 15.2. The number of nitrogens with one attached hydrogen (secondary N) is 1. The normalized spacial score (nSPS) is 10.7. The smallest absolute Gasteiger partial charge is 0.274 e. The highest BCUT2D eigenvalue weighted by molar-refractivity contribution is 6.31. The summed E-state index contributed by atoms with van der Waals surface area (Å²) in [7, 11) is 0. The van der Waals surface area contributed by atoms with Crippen molar-refractivity contribution in [1.29, 1.82) is 0 Å². The second-order valence-electron chi connectivity index (χ2n) is 6.17. The number of primary amides is 1. The second kappa shape index (κ2) is 8.00. The van der Waals surface area contributed by atoms with Crippen molar-refractivity contribution in [2.45, 2.75) is 19.7 Å². The zero-order valence-corrected chi connectivity index (χ0v) is 16.7. The highest BCUT2D eigenvalue weighted by Gasteiger charge is 2.21. The van der Waals surface area contributed by atoms with E-state index in [1.165, 1.54) is 10.7 Å². The lowest BCUT2D eigenvalue weighted by molar-refractivity contribution is 0.100. The van der Waals surface area contributed by atoms with E-state index in [0.717, 1.165) is 5.56 Å². The predicted octanol–water partition coefficient (Wildman–Crippen LogP) is 3.63. The minimum Gasteiger partial charge on any atom is -0.366 e. The average Bonchev–Trinajstić information content (AvgIpc) is 3.08. The van der Waals surface area contributed by atoms with Gasteiger partial charge in [0.05, 0.1) is 22.8 Å². The van der Waals surface area contributed by atoms with Crippen LogP contribution in [0.15, 0.2) is 36.5 Å². The van der Waals surface area contributed by atoms with Gasteiger partial charge in [-0.15, -0.1) is 11.6 Å². The fourth-order valence-electron chi connectivity index (χ4n) is 2.80. The second-order valence-corrected chi connectivity index (χ2v) is 6.88. The minimum atomic E-state index is -0.698. The molecule has 144 valence electrons. The van der Waals surface area contributed by atoms with Crippen molar-refractivity contribution < 1.29 is 9.59 Å². The highest BCUT2D eigenvalue weighted by atomic mass is 35.5. The summed E-state index contributed by atoms with van der Waals surface area (Å²) < 4.78 is 1.43. The first-order valence-corrected chi connectivity index (χ1v) is 9.21. The molecule has 0 saturated carbocycles. The Morgan fingerprint density at radius 2 is 1.96 bits per heavy atom. The maximum atomic E-state index is 13.0. The van der Waals surface area contributed by atoms with E-state index in [-0.39, 0.29) is 17.1 Å². The predicted molar refractivity (Wildman–Crippen MR) is 108 cm³/mol. The van der Waals surface area contributed by atoms with Gasteiger partial charge in [0.25, 0.3) is 11.8 Å². The molecule has 7 nitrogen and oxygen atoms in total. The van der Waals surface area contributed by atoms with E-state index < -0.39 is 11.8 Å². The van der Waals surface area contributed by atoms with Crippen molar-refractivity contribution >= 4 is 40.7 Å². The lowest BCUT2D eigenvalue weighted by Crippen LogP contribution is -2.22. The molecule has 9 heteroatoms. The summed E-state index contributed by atoms with van der Waals surface area (Å²) in [6.07, 6.45) is 1.61. The van der Waals surface area contributed by atoms with Gasteiger partial charge in [0.2, 0.25) is 0 Å². The van der Waals surface area contributed by atoms with E-state index >= 15 is 0 Å². The van der Waals surface area contributed by atoms with Crippen molar-refractivity contribution in [1.82, 2.24) is 14.8 Å². The Balaban J connectivity index is 2.07. The van der Waals surface area contributed by atoms with Gasteiger partial charge in [-0.25, -0.2) is 9.67 Å². The van der Waals surface area contributed by atoms with Crippen LogP contribution in [0.25, 0.3) is 5.82 Å². The molecular formula is C19H17Cl2N5O2. The topological polar surface area (TPSA) is 103 Å². The molecule has 0 aliphatic rings. The van der Waals surface area contributed by atoms with E-state index in [9.17, 15) is 9.59 Å². The van der Waals surface area contributed by atoms with Crippen LogP contribution in [0, 0.1) is 13.8 Å². The van der Waals surface area contributed by atoms with Crippen LogP contribution >= 0.6 is 23.2 Å². The first kappa shape index (κ1) is 19.9. The van der Waals surface area contributed by atoms with Crippen LogP contribution in [0.1, 0.15) is 37.7 Å². The lowest BCUT2D eigenvalue weighted by Gasteiger charge is -2.14. The van der Waals surface area contributed by atoms with E-state index in [1.54, 1.807) is 31.3 Å². The van der Waals surface area contributed by atoms with Crippen molar-refractivity contribution in [3.8, 4) is 5.82 Å². The first-order chi connectivity index (χ1) is 13.3. The molecule has 0 aliphatic heterocycles. The molecule has 1 aromatic carbocycles. The molecule has 0 saturated heterocycles. The van der Waals surface area contributed by atoms with Crippen LogP contribution in [-0.2, 0) is 5.88 Å². The SMILES string of the molecule is Cc1cccnc1-n1nc(CCl)cc1C(=O)Nc1c(C)cc(Cl)cc1C(N)=O. The number of rotatable bonds is 5. The molecule has 0 spiro atoms. The van der Waals surface area contributed by atoms with E-state index in [2.05, 4.69) is 15.4 Å². The van der Waals surface area contributed by atoms with Crippen LogP contribution in [0.4, 0.5) is 5.69 Å². The molecule has 0 radical (unpaired) electrons. The number of hydrogen-bond acceptors (Lipinski definition) is 4. The molecule has 0 unspecified atom stereocenters. The Bertz CT molecular complexity index is 1080. The summed E-state index contributed by atoms with van der Waals surface area (Å²) in [6, 6.07) is 8.28. The van der Waals surface area contributed by atoms with Gasteiger partial charge in [-0.05, 0) is 49.2 Å². The van der Waals surface area contributed by atoms with Gasteiger partial charge in [-0.2, -0.15) is 5.10 Å². The summed E-state index contributed by atoms with van der Waals surface area (Å²) in [5.41, 5.74) is 8.03. The van der Waals surface area contributed by atoms with Gasteiger partial charge in [-0.3, -0.25) is 9.59 Å². The number of nitrogens with two attached hydrogens (primary N) is 1. The number of pyridine rings is 1. The number of nitrogens with zero attached hydrogens (tertiary/aromatic N) is 3. The van der Waals surface area contributed by atoms with Gasteiger partial charge in [-0.1, -0.05) is 17.7 Å². The lowest BCUT2D eigenvalue weighted by atomic mass is 10.1. The number of hydrogen-bond donors (Lipinski definition) is 2. The number of carbonyl (C=O) groups excluding carboxylic acids is 2. The number of alkyl halides is 1. The molecular weight excluding hydrogens is 401 g/mol. The van der Waals surface area contributed by atoms with E-state index in [0.29, 0.717) is 27.8 Å². The Morgan fingerprint density at radius 1 is 1.21 bits per heavy atom. The molecule has 2 aromatic heterocycles. The van der Waals surface area contributed by atoms with Crippen molar-refractivity contribution in [2.75, 3.05) is 5.32 Å². The number of aryl methyl sites for hydroxylation is 2. The number of amides is 2. The number of carbonyl (C=O) groups is 2. The fraction of sp³-hybridized carbons (Fsp3) is 0.158. The minimum absolute atomic E-state index is 0.121. The monoisotopic (exact) mass is 417 g/mol. The number of benzene rings is 1. The molecule has 0 fully saturated rings. The Labute approximate surface area is 171 Å². The van der Waals surface area contributed by atoms with Crippen LogP contribution in [-0.4, -0.2) is 26.6 Å². The van der Waals surface area contributed by atoms with Crippen molar-refractivity contribution in [3.63, 3.8) is 0 Å². The average molecular weight is 418 g/mol. The van der Waals surface area contributed by atoms with Crippen LogP contribution in [0.2, 0.25) is 5.02 Å². The third-order valence-corrected chi connectivity index (χ3v) is 4.61. The zero-order chi connectivity index (χ0) is 20.4. The molecule has 3 N–H and O–H groups in total. The molecule has 3 rings (SSSR count). The van der Waals surface area contributed by atoms with Crippen LogP contribution in [0.5, 0.6) is 0 Å². The number of anilines is 1. The summed E-state index contributed by atoms with van der Waals surface area (Å²) in [5.74, 6) is -0.545. The van der Waals surface area contributed by atoms with E-state index in [1.807, 2.05) is 13.0 Å². The maximum absolute atomic E-state index is 13.0. The Hall–Kier alpha value is -2.90. The molecule has 3 aromatic rings. The van der Waals surface area contributed by atoms with E-state index in [4.69, 9.17) is 28.9 Å². The fourth-order valence-corrected chi connectivity index (χ4v) is 3.20. The van der Waals surface area contributed by atoms with Crippen LogP contribution < -0.4 is 11.1 Å². The molecule has 0 atom stereocenters. The summed E-state index contributed by atoms with van der Waals surface area (Å²) in [4.78, 5) is 29.1. The third kappa shape index (κ3) is 3.85. The summed E-state index contributed by atoms with van der Waals surface area (Å²) in [5, 5.41) is 7.46. The molecule has 28 heavy (non-hydrogen) atoms. The van der Waals surface area contributed by atoms with Crippen molar-refractivity contribution in [2.24, 2.45) is 5.73 Å². The maximum Gasteiger partial charge on any atom is 0.274 e. The molecule has 2 amide bonds. The summed E-state index contributed by atoms with van der Waals surface area (Å²) in [6.45, 7) is 3.58. The highest BCUT2D eigenvalue weighted by Crippen LogP contribution is 2.26. The van der Waals surface area contributed by atoms with Crippen molar-refractivity contribution in [3.05, 3.63) is 69.6 Å². The van der Waals surface area contributed by atoms with Gasteiger partial charge in [0.15, 0.2) is 5.82 Å². The molecule has 0 bridgehead atoms. The third-order valence-electron chi connectivity index (χ3n) is 4.12. The Morgan fingerprint density at radius 3 is 2.61 bits per heavy atom. The van der Waals surface area contributed by atoms with Gasteiger partial charge >= 0.3 is 0 Å². The Kier molecular flexibility index (Phi) is 5.67. The standard InChI is InChI=1S/C19H17Cl2N5O2/c1-10-4-3-5-23-18(10)26-15(8-13(9-20)25-26)19(28)24-16-11(2)6-12(21)7-14(16)17(22)27/h3-8H,9H2,1-2H3,(H2,22,27)(H,24,28). The van der Waals surface area contributed by atoms with Gasteiger partial charge in [0.1, 0.15) is 5.69 Å². The molecule has 0 aliphatic carbocycles. The quantitative estimate of drug-likeness (QED) is 0.618. The number of halogens is 2. The largest absolute Gasteiger partial charge is 0.366 e. The van der Waals surface area contributed by atoms with Gasteiger partial charge in [0, 0.05) is 11.2 Å². The summed E-state index contributed by atoms with van der Waals surface area (Å²) >= 11 is 11.9. The van der Waals surface area contributed by atoms with Crippen LogP contribution in [0.3, 0.4) is 0 Å².